The fourth-order valence-electron chi connectivity index (χ4n) is 1.63. The van der Waals surface area contributed by atoms with Crippen molar-refractivity contribution in [2.24, 2.45) is 0 Å². The van der Waals surface area contributed by atoms with Crippen molar-refractivity contribution in [3.05, 3.63) is 0 Å². The molecular weight excluding hydrogens is 383 g/mol. The molecule has 0 spiro atoms. The van der Waals surface area contributed by atoms with Gasteiger partial charge in [-0.05, 0) is 12.2 Å². The van der Waals surface area contributed by atoms with E-state index < -0.39 is 53.8 Å². The van der Waals surface area contributed by atoms with Crippen molar-refractivity contribution in [3.63, 3.8) is 0 Å². The summed E-state index contributed by atoms with van der Waals surface area (Å²) in [7, 11) is 0.952. The number of carbonyl (C=O) groups is 2. The molecular formula is C10H7F9N2O2S. The van der Waals surface area contributed by atoms with Crippen molar-refractivity contribution in [3.8, 4) is 0 Å². The summed E-state index contributed by atoms with van der Waals surface area (Å²) in [6.07, 6.45) is -9.20. The number of halogens is 9. The van der Waals surface area contributed by atoms with Crippen molar-refractivity contribution in [1.29, 1.82) is 0 Å². The number of alkyl halides is 9. The molecule has 0 N–H and O–H groups in total. The first kappa shape index (κ1) is 20.4. The largest absolute Gasteiger partial charge is 0.460 e. The van der Waals surface area contributed by atoms with Crippen LogP contribution < -0.4 is 0 Å². The Balaban J connectivity index is 3.00. The Morgan fingerprint density at radius 1 is 0.875 bits per heavy atom. The summed E-state index contributed by atoms with van der Waals surface area (Å²) in [5.74, 6) is -22.4. The summed E-state index contributed by atoms with van der Waals surface area (Å²) < 4.78 is 114. The summed E-state index contributed by atoms with van der Waals surface area (Å²) in [4.78, 5) is 23.1. The topological polar surface area (TPSA) is 40.6 Å². The van der Waals surface area contributed by atoms with Gasteiger partial charge in [-0.2, -0.15) is 39.5 Å². The van der Waals surface area contributed by atoms with Gasteiger partial charge in [0, 0.05) is 20.0 Å². The average Bonchev–Trinajstić information content (AvgIpc) is 2.59. The fraction of sp³-hybridized carbons (Fsp3) is 0.700. The first-order valence-corrected chi connectivity index (χ1v) is 6.23. The fourth-order valence-corrected chi connectivity index (χ4v) is 1.88. The van der Waals surface area contributed by atoms with Crippen LogP contribution in [0.1, 0.15) is 6.42 Å². The van der Waals surface area contributed by atoms with E-state index in [1.165, 1.54) is 0 Å². The molecule has 0 aromatic rings. The first-order chi connectivity index (χ1) is 10.5. The van der Waals surface area contributed by atoms with Crippen LogP contribution in [0.2, 0.25) is 0 Å². The van der Waals surface area contributed by atoms with Gasteiger partial charge in [0.05, 0.1) is 0 Å². The molecule has 1 rings (SSSR count). The Hall–Kier alpha value is -1.60. The maximum Gasteiger partial charge on any atom is 0.460 e. The van der Waals surface area contributed by atoms with Gasteiger partial charge in [0.25, 0.3) is 0 Å². The normalized spacial score (nSPS) is 18.0. The molecule has 0 aromatic carbocycles. The number of likely N-dealkylation sites (N-methyl/N-ethyl adjacent to an activating group) is 1. The zero-order valence-electron chi connectivity index (χ0n) is 11.4. The summed E-state index contributed by atoms with van der Waals surface area (Å²) in [6, 6.07) is 0. The number of carbonyl (C=O) groups excluding carboxylic acids is 2. The highest BCUT2D eigenvalue weighted by Crippen LogP contribution is 2.54. The Bertz CT molecular complexity index is 575. The van der Waals surface area contributed by atoms with E-state index in [1.54, 1.807) is 0 Å². The summed E-state index contributed by atoms with van der Waals surface area (Å²) in [6.45, 7) is -1.45. The van der Waals surface area contributed by atoms with Crippen LogP contribution in [0.25, 0.3) is 0 Å². The van der Waals surface area contributed by atoms with Crippen molar-refractivity contribution < 1.29 is 49.1 Å². The third-order valence-electron chi connectivity index (χ3n) is 3.11. The lowest BCUT2D eigenvalue weighted by Crippen LogP contribution is -2.61. The van der Waals surface area contributed by atoms with E-state index in [1.807, 2.05) is 0 Å². The van der Waals surface area contributed by atoms with Crippen LogP contribution in [-0.2, 0) is 9.59 Å². The molecule has 0 aromatic heterocycles. The zero-order chi connectivity index (χ0) is 19.3. The van der Waals surface area contributed by atoms with Crippen LogP contribution in [0.5, 0.6) is 0 Å². The molecule has 1 fully saturated rings. The lowest BCUT2D eigenvalue weighted by molar-refractivity contribution is -0.396. The molecule has 0 aliphatic carbocycles. The molecule has 1 saturated heterocycles. The highest BCUT2D eigenvalue weighted by atomic mass is 32.1. The molecule has 0 saturated carbocycles. The number of hydrogen-bond acceptors (Lipinski definition) is 3. The minimum atomic E-state index is -7.01. The van der Waals surface area contributed by atoms with Crippen molar-refractivity contribution in [2.75, 3.05) is 13.6 Å². The quantitative estimate of drug-likeness (QED) is 0.411. The van der Waals surface area contributed by atoms with Crippen molar-refractivity contribution in [1.82, 2.24) is 9.80 Å². The molecule has 24 heavy (non-hydrogen) atoms. The number of thiocarbonyl (C=S) groups is 1. The van der Waals surface area contributed by atoms with Gasteiger partial charge in [-0.3, -0.25) is 19.4 Å². The molecule has 138 valence electrons. The highest BCUT2D eigenvalue weighted by molar-refractivity contribution is 7.80. The Labute approximate surface area is 133 Å². The molecule has 1 aliphatic heterocycles. The second-order valence-corrected chi connectivity index (χ2v) is 5.07. The standard InChI is InChI=1S/C10H7F9N2O2S/c1-20-4(22)5(23)21(6(20)24)3-2-7(11,12)8(13,14)9(15,16)10(17,18)19/h2-3H2,1H3. The van der Waals surface area contributed by atoms with Crippen LogP contribution >= 0.6 is 12.2 Å². The second-order valence-electron chi connectivity index (χ2n) is 4.70. The molecule has 1 heterocycles. The van der Waals surface area contributed by atoms with Crippen LogP contribution in [0.15, 0.2) is 0 Å². The van der Waals surface area contributed by atoms with Gasteiger partial charge < -0.3 is 0 Å². The highest BCUT2D eigenvalue weighted by Gasteiger charge is 2.81. The SMILES string of the molecule is CN1C(=O)C(=O)N(CCC(F)(F)C(F)(F)C(F)(F)C(F)(F)F)C1=S. The van der Waals surface area contributed by atoms with E-state index in [-0.39, 0.29) is 4.90 Å². The molecule has 4 nitrogen and oxygen atoms in total. The first-order valence-electron chi connectivity index (χ1n) is 5.82. The number of nitrogens with zero attached hydrogens (tertiary/aromatic N) is 2. The van der Waals surface area contributed by atoms with E-state index >= 15 is 0 Å². The Morgan fingerprint density at radius 3 is 1.67 bits per heavy atom. The number of rotatable bonds is 5. The van der Waals surface area contributed by atoms with Gasteiger partial charge in [-0.25, -0.2) is 0 Å². The van der Waals surface area contributed by atoms with Gasteiger partial charge in [0.1, 0.15) is 0 Å². The maximum atomic E-state index is 13.3. The lowest BCUT2D eigenvalue weighted by atomic mass is 10.0. The number of amides is 2. The summed E-state index contributed by atoms with van der Waals surface area (Å²) in [5.41, 5.74) is 0. The van der Waals surface area contributed by atoms with E-state index in [4.69, 9.17) is 0 Å². The average molecular weight is 390 g/mol. The van der Waals surface area contributed by atoms with Gasteiger partial charge in [-0.15, -0.1) is 0 Å². The minimum absolute atomic E-state index is 0.105. The second kappa shape index (κ2) is 5.74. The minimum Gasteiger partial charge on any atom is -0.284 e. The third kappa shape index (κ3) is 2.91. The van der Waals surface area contributed by atoms with Crippen LogP contribution in [0.3, 0.4) is 0 Å². The van der Waals surface area contributed by atoms with Crippen molar-refractivity contribution in [2.45, 2.75) is 30.4 Å². The smallest absolute Gasteiger partial charge is 0.284 e. The third-order valence-corrected chi connectivity index (χ3v) is 3.60. The molecule has 0 radical (unpaired) electrons. The van der Waals surface area contributed by atoms with E-state index in [2.05, 4.69) is 12.2 Å². The van der Waals surface area contributed by atoms with Crippen LogP contribution in [-0.4, -0.2) is 64.3 Å². The number of hydrogen-bond donors (Lipinski definition) is 0. The van der Waals surface area contributed by atoms with E-state index in [9.17, 15) is 49.1 Å². The predicted octanol–water partition coefficient (Wildman–Crippen LogP) is 2.43. The molecule has 0 atom stereocenters. The summed E-state index contributed by atoms with van der Waals surface area (Å²) >= 11 is 4.48. The lowest BCUT2D eigenvalue weighted by Gasteiger charge is -2.34. The van der Waals surface area contributed by atoms with Crippen LogP contribution in [0, 0.1) is 0 Å². The van der Waals surface area contributed by atoms with Gasteiger partial charge in [0.2, 0.25) is 0 Å². The van der Waals surface area contributed by atoms with Crippen molar-refractivity contribution >= 4 is 29.1 Å². The van der Waals surface area contributed by atoms with E-state index in [0.717, 1.165) is 7.05 Å². The van der Waals surface area contributed by atoms with Crippen LogP contribution in [0.4, 0.5) is 39.5 Å². The van der Waals surface area contributed by atoms with Gasteiger partial charge in [-0.1, -0.05) is 0 Å². The van der Waals surface area contributed by atoms with Gasteiger partial charge in [0.15, 0.2) is 5.11 Å². The van der Waals surface area contributed by atoms with Gasteiger partial charge >= 0.3 is 35.8 Å². The Kier molecular flexibility index (Phi) is 4.89. The summed E-state index contributed by atoms with van der Waals surface area (Å²) in [5, 5.41) is -0.674. The van der Waals surface area contributed by atoms with E-state index in [0.29, 0.717) is 4.90 Å². The molecule has 0 unspecified atom stereocenters. The molecule has 0 bridgehead atoms. The maximum absolute atomic E-state index is 13.3. The monoisotopic (exact) mass is 390 g/mol. The molecule has 14 heteroatoms. The molecule has 2 amide bonds. The zero-order valence-corrected chi connectivity index (χ0v) is 12.3. The molecule has 1 aliphatic rings. The predicted molar refractivity (Wildman–Crippen MR) is 62.6 cm³/mol. The Morgan fingerprint density at radius 2 is 1.33 bits per heavy atom.